The minimum Gasteiger partial charge on any atom is -0.444 e. The van der Waals surface area contributed by atoms with Gasteiger partial charge in [-0.15, -0.1) is 0 Å². The van der Waals surface area contributed by atoms with Crippen LogP contribution in [0.25, 0.3) is 0 Å². The summed E-state index contributed by atoms with van der Waals surface area (Å²) in [5.74, 6) is 0. The molecule has 1 aromatic heterocycles. The molecule has 1 aromatic carbocycles. The van der Waals surface area contributed by atoms with Crippen LogP contribution in [0.1, 0.15) is 67.9 Å². The van der Waals surface area contributed by atoms with Gasteiger partial charge in [0.1, 0.15) is 5.60 Å². The molecule has 0 saturated carbocycles. The maximum atomic E-state index is 11.8. The lowest BCUT2D eigenvalue weighted by atomic mass is 10.0. The van der Waals surface area contributed by atoms with Crippen molar-refractivity contribution in [1.29, 1.82) is 0 Å². The summed E-state index contributed by atoms with van der Waals surface area (Å²) in [4.78, 5) is 16.4. The SMILES string of the molecule is Cc1ccccc1[C@H](O)CN[C@@H](C)c1ccc(CNC(=O)OC(C)(C)C)nc1C. The minimum atomic E-state index is -0.566. The molecule has 0 aliphatic rings. The number of benzene rings is 1. The number of carbonyl (C=O) groups excluding carboxylic acids is 1. The van der Waals surface area contributed by atoms with Gasteiger partial charge >= 0.3 is 6.09 Å². The van der Waals surface area contributed by atoms with Crippen molar-refractivity contribution in [2.75, 3.05) is 6.54 Å². The Balaban J connectivity index is 1.92. The number of carbonyl (C=O) groups is 1. The first-order valence-electron chi connectivity index (χ1n) is 9.97. The molecule has 158 valence electrons. The fourth-order valence-electron chi connectivity index (χ4n) is 3.13. The van der Waals surface area contributed by atoms with Crippen molar-refractivity contribution in [2.24, 2.45) is 0 Å². The normalized spacial score (nSPS) is 13.6. The molecule has 6 heteroatoms. The van der Waals surface area contributed by atoms with Gasteiger partial charge in [-0.05, 0) is 64.3 Å². The number of aliphatic hydroxyl groups is 1. The molecule has 2 rings (SSSR count). The van der Waals surface area contributed by atoms with E-state index in [2.05, 4.69) is 15.6 Å². The summed E-state index contributed by atoms with van der Waals surface area (Å²) >= 11 is 0. The van der Waals surface area contributed by atoms with E-state index >= 15 is 0 Å². The van der Waals surface area contributed by atoms with Crippen LogP contribution >= 0.6 is 0 Å². The van der Waals surface area contributed by atoms with Crippen molar-refractivity contribution in [3.63, 3.8) is 0 Å². The molecule has 0 unspecified atom stereocenters. The van der Waals surface area contributed by atoms with E-state index in [1.165, 1.54) is 0 Å². The molecule has 1 amide bonds. The summed E-state index contributed by atoms with van der Waals surface area (Å²) in [5, 5.41) is 16.6. The van der Waals surface area contributed by atoms with Crippen LogP contribution in [0.15, 0.2) is 36.4 Å². The largest absolute Gasteiger partial charge is 0.444 e. The van der Waals surface area contributed by atoms with Gasteiger partial charge in [-0.3, -0.25) is 4.98 Å². The molecule has 0 bridgehead atoms. The highest BCUT2D eigenvalue weighted by Crippen LogP contribution is 2.20. The molecule has 0 saturated heterocycles. The third kappa shape index (κ3) is 7.15. The van der Waals surface area contributed by atoms with Crippen LogP contribution in [0.3, 0.4) is 0 Å². The average molecular weight is 400 g/mol. The van der Waals surface area contributed by atoms with Gasteiger partial charge in [-0.25, -0.2) is 4.79 Å². The predicted molar refractivity (Wildman–Crippen MR) is 115 cm³/mol. The Hall–Kier alpha value is -2.44. The summed E-state index contributed by atoms with van der Waals surface area (Å²) in [6.07, 6.45) is -1.02. The highest BCUT2D eigenvalue weighted by Gasteiger charge is 2.17. The van der Waals surface area contributed by atoms with Crippen molar-refractivity contribution in [1.82, 2.24) is 15.6 Å². The van der Waals surface area contributed by atoms with Crippen LogP contribution < -0.4 is 10.6 Å². The maximum Gasteiger partial charge on any atom is 0.407 e. The van der Waals surface area contributed by atoms with E-state index in [0.717, 1.165) is 28.1 Å². The number of aliphatic hydroxyl groups excluding tert-OH is 1. The second kappa shape index (κ2) is 9.85. The van der Waals surface area contributed by atoms with E-state index in [4.69, 9.17) is 4.74 Å². The lowest BCUT2D eigenvalue weighted by molar-refractivity contribution is 0.0523. The van der Waals surface area contributed by atoms with Crippen LogP contribution in [-0.2, 0) is 11.3 Å². The summed E-state index contributed by atoms with van der Waals surface area (Å²) < 4.78 is 5.24. The Kier molecular flexibility index (Phi) is 7.76. The summed E-state index contributed by atoms with van der Waals surface area (Å²) in [6, 6.07) is 11.8. The van der Waals surface area contributed by atoms with Gasteiger partial charge < -0.3 is 20.5 Å². The Labute approximate surface area is 173 Å². The standard InChI is InChI=1S/C23H33N3O3/c1-15-9-7-8-10-19(15)21(27)14-24-16(2)20-12-11-18(26-17(20)3)13-25-22(28)29-23(4,5)6/h7-12,16,21,24,27H,13-14H2,1-6H3,(H,25,28)/t16-,21+/m0/s1. The molecule has 0 spiro atoms. The zero-order valence-corrected chi connectivity index (χ0v) is 18.2. The van der Waals surface area contributed by atoms with Crippen molar-refractivity contribution in [3.05, 3.63) is 64.5 Å². The lowest BCUT2D eigenvalue weighted by Gasteiger charge is -2.21. The number of nitrogens with one attached hydrogen (secondary N) is 2. The van der Waals surface area contributed by atoms with Crippen LogP contribution in [0.2, 0.25) is 0 Å². The maximum absolute atomic E-state index is 11.8. The molecule has 0 aliphatic carbocycles. The van der Waals surface area contributed by atoms with E-state index in [1.807, 2.05) is 77.9 Å². The number of ether oxygens (including phenoxy) is 1. The number of amides is 1. The number of aryl methyl sites for hydroxylation is 2. The number of hydrogen-bond acceptors (Lipinski definition) is 5. The molecule has 6 nitrogen and oxygen atoms in total. The number of aromatic nitrogens is 1. The zero-order chi connectivity index (χ0) is 21.6. The number of pyridine rings is 1. The minimum absolute atomic E-state index is 0.0361. The topological polar surface area (TPSA) is 83.5 Å². The third-order valence-electron chi connectivity index (χ3n) is 4.63. The molecule has 0 fully saturated rings. The van der Waals surface area contributed by atoms with E-state index < -0.39 is 17.8 Å². The van der Waals surface area contributed by atoms with E-state index in [0.29, 0.717) is 13.1 Å². The number of alkyl carbamates (subject to hydrolysis) is 1. The molecule has 0 radical (unpaired) electrons. The van der Waals surface area contributed by atoms with Crippen molar-refractivity contribution in [2.45, 2.75) is 65.8 Å². The lowest BCUT2D eigenvalue weighted by Crippen LogP contribution is -2.32. The summed E-state index contributed by atoms with van der Waals surface area (Å²) in [5.41, 5.74) is 4.20. The average Bonchev–Trinajstić information content (AvgIpc) is 2.63. The Morgan fingerprint density at radius 3 is 2.45 bits per heavy atom. The zero-order valence-electron chi connectivity index (χ0n) is 18.2. The van der Waals surface area contributed by atoms with Gasteiger partial charge in [-0.1, -0.05) is 30.3 Å². The van der Waals surface area contributed by atoms with Crippen LogP contribution in [0, 0.1) is 13.8 Å². The second-order valence-electron chi connectivity index (χ2n) is 8.33. The Bertz CT molecular complexity index is 830. The molecule has 2 aromatic rings. The van der Waals surface area contributed by atoms with Gasteiger partial charge in [-0.2, -0.15) is 0 Å². The first kappa shape index (κ1) is 22.8. The van der Waals surface area contributed by atoms with Gasteiger partial charge in [0.15, 0.2) is 0 Å². The molecule has 1 heterocycles. The summed E-state index contributed by atoms with van der Waals surface area (Å²) in [7, 11) is 0. The number of nitrogens with zero attached hydrogens (tertiary/aromatic N) is 1. The summed E-state index contributed by atoms with van der Waals surface area (Å²) in [6.45, 7) is 12.2. The number of hydrogen-bond donors (Lipinski definition) is 3. The van der Waals surface area contributed by atoms with Crippen LogP contribution in [-0.4, -0.2) is 28.3 Å². The van der Waals surface area contributed by atoms with Crippen LogP contribution in [0.4, 0.5) is 4.79 Å². The quantitative estimate of drug-likeness (QED) is 0.653. The fourth-order valence-corrected chi connectivity index (χ4v) is 3.13. The van der Waals surface area contributed by atoms with Gasteiger partial charge in [0.25, 0.3) is 0 Å². The molecule has 29 heavy (non-hydrogen) atoms. The van der Waals surface area contributed by atoms with Gasteiger partial charge in [0.05, 0.1) is 18.3 Å². The second-order valence-corrected chi connectivity index (χ2v) is 8.33. The molecule has 0 aliphatic heterocycles. The van der Waals surface area contributed by atoms with E-state index in [1.54, 1.807) is 0 Å². The first-order chi connectivity index (χ1) is 13.6. The van der Waals surface area contributed by atoms with E-state index in [-0.39, 0.29) is 6.04 Å². The predicted octanol–water partition coefficient (Wildman–Crippen LogP) is 4.11. The fraction of sp³-hybridized carbons (Fsp3) is 0.478. The van der Waals surface area contributed by atoms with E-state index in [9.17, 15) is 9.90 Å². The Morgan fingerprint density at radius 1 is 1.14 bits per heavy atom. The molecule has 3 N–H and O–H groups in total. The van der Waals surface area contributed by atoms with Crippen molar-refractivity contribution in [3.8, 4) is 0 Å². The third-order valence-corrected chi connectivity index (χ3v) is 4.63. The smallest absolute Gasteiger partial charge is 0.407 e. The van der Waals surface area contributed by atoms with Crippen molar-refractivity contribution < 1.29 is 14.6 Å². The van der Waals surface area contributed by atoms with Gasteiger partial charge in [0, 0.05) is 18.3 Å². The molecular weight excluding hydrogens is 366 g/mol. The highest BCUT2D eigenvalue weighted by molar-refractivity contribution is 5.67. The molecular formula is C23H33N3O3. The first-order valence-corrected chi connectivity index (χ1v) is 9.97. The Morgan fingerprint density at radius 2 is 1.83 bits per heavy atom. The number of rotatable bonds is 7. The highest BCUT2D eigenvalue weighted by atomic mass is 16.6. The monoisotopic (exact) mass is 399 g/mol. The van der Waals surface area contributed by atoms with Crippen molar-refractivity contribution >= 4 is 6.09 Å². The van der Waals surface area contributed by atoms with Crippen LogP contribution in [0.5, 0.6) is 0 Å². The van der Waals surface area contributed by atoms with Gasteiger partial charge in [0.2, 0.25) is 0 Å². The molecule has 2 atom stereocenters.